The highest BCUT2D eigenvalue weighted by Gasteiger charge is 2.11. The highest BCUT2D eigenvalue weighted by molar-refractivity contribution is 7.87. The number of nitrogen functional groups attached to an aromatic ring is 1. The average Bonchev–Trinajstić information content (AvgIpc) is 2.35. The zero-order valence-corrected chi connectivity index (χ0v) is 11.3. The maximum absolute atomic E-state index is 13.6. The lowest BCUT2D eigenvalue weighted by Crippen LogP contribution is -2.36. The summed E-state index contributed by atoms with van der Waals surface area (Å²) in [5.41, 5.74) is 5.67. The topological polar surface area (TPSA) is 108 Å². The highest BCUT2D eigenvalue weighted by atomic mass is 32.2. The summed E-state index contributed by atoms with van der Waals surface area (Å²) in [7, 11) is -3.62. The molecular weight excluding hydrogens is 271 g/mol. The van der Waals surface area contributed by atoms with Gasteiger partial charge in [0.15, 0.2) is 0 Å². The minimum Gasteiger partial charge on any atom is -0.384 e. The van der Waals surface area contributed by atoms with Gasteiger partial charge < -0.3 is 5.73 Å². The van der Waals surface area contributed by atoms with Gasteiger partial charge in [-0.25, -0.2) is 9.11 Å². The monoisotopic (exact) mass is 288 g/mol. The van der Waals surface area contributed by atoms with Crippen LogP contribution in [0.1, 0.15) is 24.5 Å². The van der Waals surface area contributed by atoms with Crippen molar-refractivity contribution < 1.29 is 12.8 Å². The van der Waals surface area contributed by atoms with Gasteiger partial charge in [0.25, 0.3) is 10.2 Å². The summed E-state index contributed by atoms with van der Waals surface area (Å²) in [5, 5.41) is 7.17. The molecule has 5 N–H and O–H groups in total. The molecule has 0 saturated carbocycles. The van der Waals surface area contributed by atoms with E-state index in [0.29, 0.717) is 13.0 Å². The van der Waals surface area contributed by atoms with Gasteiger partial charge >= 0.3 is 0 Å². The molecule has 6 nitrogen and oxygen atoms in total. The summed E-state index contributed by atoms with van der Waals surface area (Å²) in [6.07, 6.45) is 0.669. The lowest BCUT2D eigenvalue weighted by molar-refractivity contribution is 0.560. The second-order valence-corrected chi connectivity index (χ2v) is 5.52. The molecule has 0 atom stereocenters. The Labute approximate surface area is 111 Å². The molecule has 1 rings (SSSR count). The second kappa shape index (κ2) is 6.60. The van der Waals surface area contributed by atoms with Crippen LogP contribution in [-0.4, -0.2) is 20.8 Å². The third-order valence-electron chi connectivity index (χ3n) is 2.36. The number of halogens is 1. The van der Waals surface area contributed by atoms with E-state index in [0.717, 1.165) is 6.07 Å². The highest BCUT2D eigenvalue weighted by Crippen LogP contribution is 2.10. The zero-order valence-electron chi connectivity index (χ0n) is 10.5. The van der Waals surface area contributed by atoms with Crippen LogP contribution in [0.3, 0.4) is 0 Å². The number of amidine groups is 1. The van der Waals surface area contributed by atoms with E-state index in [9.17, 15) is 12.8 Å². The Morgan fingerprint density at radius 1 is 1.42 bits per heavy atom. The van der Waals surface area contributed by atoms with E-state index >= 15 is 0 Å². The van der Waals surface area contributed by atoms with Crippen LogP contribution in [0.2, 0.25) is 0 Å². The van der Waals surface area contributed by atoms with E-state index in [1.165, 1.54) is 12.1 Å². The zero-order chi connectivity index (χ0) is 14.5. The molecule has 106 valence electrons. The lowest BCUT2D eigenvalue weighted by atomic mass is 10.1. The molecule has 0 aromatic heterocycles. The summed E-state index contributed by atoms with van der Waals surface area (Å²) in [5.74, 6) is -0.846. The van der Waals surface area contributed by atoms with E-state index < -0.39 is 16.0 Å². The average molecular weight is 288 g/mol. The quantitative estimate of drug-likeness (QED) is 0.432. The van der Waals surface area contributed by atoms with Gasteiger partial charge in [0.05, 0.1) is 0 Å². The molecule has 0 aliphatic carbocycles. The molecule has 0 unspecified atom stereocenters. The molecule has 1 aromatic rings. The number of rotatable bonds is 7. The van der Waals surface area contributed by atoms with Gasteiger partial charge in [0, 0.05) is 24.2 Å². The van der Waals surface area contributed by atoms with Crippen molar-refractivity contribution in [3.05, 3.63) is 35.1 Å². The Bertz CT molecular complexity index is 560. The molecule has 0 saturated heterocycles. The number of nitrogens with one attached hydrogen (secondary N) is 3. The fourth-order valence-electron chi connectivity index (χ4n) is 1.32. The van der Waals surface area contributed by atoms with Gasteiger partial charge in [0.2, 0.25) is 0 Å². The predicted octanol–water partition coefficient (Wildman–Crippen LogP) is 0.444. The molecular formula is C11H17FN4O2S. The third kappa shape index (κ3) is 4.93. The molecule has 0 spiro atoms. The second-order valence-electron chi connectivity index (χ2n) is 3.94. The maximum atomic E-state index is 13.6. The first-order valence-electron chi connectivity index (χ1n) is 5.73. The van der Waals surface area contributed by atoms with Crippen molar-refractivity contribution in [1.29, 1.82) is 5.41 Å². The molecule has 0 fully saturated rings. The van der Waals surface area contributed by atoms with E-state index in [4.69, 9.17) is 11.1 Å². The van der Waals surface area contributed by atoms with E-state index in [-0.39, 0.29) is 23.5 Å². The van der Waals surface area contributed by atoms with Gasteiger partial charge in [-0.3, -0.25) is 5.41 Å². The number of benzene rings is 1. The summed E-state index contributed by atoms with van der Waals surface area (Å²) < 4.78 is 41.1. The van der Waals surface area contributed by atoms with Crippen molar-refractivity contribution in [2.75, 3.05) is 6.54 Å². The summed E-state index contributed by atoms with van der Waals surface area (Å²) in [6, 6.07) is 3.97. The summed E-state index contributed by atoms with van der Waals surface area (Å²) in [6.45, 7) is 1.99. The van der Waals surface area contributed by atoms with Gasteiger partial charge in [-0.2, -0.15) is 13.1 Å². The van der Waals surface area contributed by atoms with Crippen molar-refractivity contribution in [2.45, 2.75) is 19.9 Å². The first-order chi connectivity index (χ1) is 8.85. The fourth-order valence-corrected chi connectivity index (χ4v) is 2.24. The van der Waals surface area contributed by atoms with Crippen molar-refractivity contribution in [3.63, 3.8) is 0 Å². The van der Waals surface area contributed by atoms with Crippen LogP contribution in [0.5, 0.6) is 0 Å². The standard InChI is InChI=1S/C11H17FN4O2S/c1-2-5-15-19(17,18)16-7-9-4-3-8(11(13)14)6-10(9)12/h3-4,6,15-16H,2,5,7H2,1H3,(H3,13,14). The van der Waals surface area contributed by atoms with Crippen LogP contribution < -0.4 is 15.2 Å². The smallest absolute Gasteiger partial charge is 0.277 e. The van der Waals surface area contributed by atoms with Gasteiger partial charge in [-0.1, -0.05) is 19.1 Å². The Hall–Kier alpha value is -1.51. The van der Waals surface area contributed by atoms with Crippen LogP contribution in [0.15, 0.2) is 18.2 Å². The number of hydrogen-bond acceptors (Lipinski definition) is 3. The summed E-state index contributed by atoms with van der Waals surface area (Å²) >= 11 is 0. The first-order valence-corrected chi connectivity index (χ1v) is 7.21. The number of nitrogens with two attached hydrogens (primary N) is 1. The Kier molecular flexibility index (Phi) is 5.40. The van der Waals surface area contributed by atoms with Gasteiger partial charge in [-0.05, 0) is 12.5 Å². The van der Waals surface area contributed by atoms with Crippen LogP contribution in [0.4, 0.5) is 4.39 Å². The molecule has 0 heterocycles. The minimum absolute atomic E-state index is 0.164. The summed E-state index contributed by atoms with van der Waals surface area (Å²) in [4.78, 5) is 0. The third-order valence-corrected chi connectivity index (χ3v) is 3.47. The predicted molar refractivity (Wildman–Crippen MR) is 71.5 cm³/mol. The SMILES string of the molecule is CCCNS(=O)(=O)NCc1ccc(C(=N)N)cc1F. The minimum atomic E-state index is -3.62. The van der Waals surface area contributed by atoms with Crippen LogP contribution in [0.25, 0.3) is 0 Å². The van der Waals surface area contributed by atoms with Crippen LogP contribution in [-0.2, 0) is 16.8 Å². The van der Waals surface area contributed by atoms with Crippen molar-refractivity contribution in [2.24, 2.45) is 5.73 Å². The van der Waals surface area contributed by atoms with E-state index in [2.05, 4.69) is 9.44 Å². The molecule has 1 aromatic carbocycles. The largest absolute Gasteiger partial charge is 0.384 e. The molecule has 0 radical (unpaired) electrons. The molecule has 0 aliphatic rings. The molecule has 8 heteroatoms. The van der Waals surface area contributed by atoms with E-state index in [1.54, 1.807) is 0 Å². The fraction of sp³-hybridized carbons (Fsp3) is 0.364. The molecule has 0 aliphatic heterocycles. The van der Waals surface area contributed by atoms with Crippen LogP contribution in [0, 0.1) is 11.2 Å². The number of hydrogen-bond donors (Lipinski definition) is 4. The van der Waals surface area contributed by atoms with Crippen molar-refractivity contribution >= 4 is 16.0 Å². The maximum Gasteiger partial charge on any atom is 0.277 e. The first kappa shape index (κ1) is 15.5. The lowest BCUT2D eigenvalue weighted by Gasteiger charge is -2.09. The Morgan fingerprint density at radius 3 is 2.63 bits per heavy atom. The molecule has 19 heavy (non-hydrogen) atoms. The molecule has 0 amide bonds. The normalized spacial score (nSPS) is 11.5. The molecule has 0 bridgehead atoms. The van der Waals surface area contributed by atoms with E-state index in [1.807, 2.05) is 6.92 Å². The van der Waals surface area contributed by atoms with Gasteiger partial charge in [-0.15, -0.1) is 0 Å². The van der Waals surface area contributed by atoms with Crippen LogP contribution >= 0.6 is 0 Å². The Morgan fingerprint density at radius 2 is 2.11 bits per heavy atom. The van der Waals surface area contributed by atoms with Gasteiger partial charge in [0.1, 0.15) is 11.7 Å². The van der Waals surface area contributed by atoms with Crippen molar-refractivity contribution in [1.82, 2.24) is 9.44 Å². The van der Waals surface area contributed by atoms with Crippen molar-refractivity contribution in [3.8, 4) is 0 Å². The Balaban J connectivity index is 2.71.